The minimum absolute atomic E-state index is 0.0581. The van der Waals surface area contributed by atoms with E-state index in [9.17, 15) is 4.79 Å². The van der Waals surface area contributed by atoms with Gasteiger partial charge in [-0.3, -0.25) is 4.79 Å². The number of carbonyl (C=O) groups is 1. The number of likely N-dealkylation sites (N-methyl/N-ethyl adjacent to an activating group) is 1. The topological polar surface area (TPSA) is 77.7 Å². The van der Waals surface area contributed by atoms with E-state index in [2.05, 4.69) is 57.4 Å². The van der Waals surface area contributed by atoms with Gasteiger partial charge in [-0.2, -0.15) is 0 Å². The number of H-pyrrole nitrogens is 2. The van der Waals surface area contributed by atoms with Gasteiger partial charge in [0.2, 0.25) is 0 Å². The number of fused-ring (bicyclic) bond motifs is 2. The highest BCUT2D eigenvalue weighted by Gasteiger charge is 2.26. The van der Waals surface area contributed by atoms with E-state index < -0.39 is 5.41 Å². The highest BCUT2D eigenvalue weighted by atomic mass is 16.1. The van der Waals surface area contributed by atoms with E-state index in [1.165, 1.54) is 16.5 Å². The molecule has 4 aromatic rings. The zero-order valence-corrected chi connectivity index (χ0v) is 18.4. The van der Waals surface area contributed by atoms with E-state index >= 15 is 0 Å². The minimum Gasteiger partial charge on any atom is -0.361 e. The molecule has 0 saturated carbocycles. The lowest BCUT2D eigenvalue weighted by Gasteiger charge is -2.21. The molecule has 6 heteroatoms. The van der Waals surface area contributed by atoms with Gasteiger partial charge < -0.3 is 14.9 Å². The number of aromatic amines is 2. The second kappa shape index (κ2) is 7.17. The van der Waals surface area contributed by atoms with Gasteiger partial charge in [0.1, 0.15) is 5.52 Å². The van der Waals surface area contributed by atoms with Crippen molar-refractivity contribution < 1.29 is 4.79 Å². The van der Waals surface area contributed by atoms with Crippen molar-refractivity contribution in [1.82, 2.24) is 24.8 Å². The van der Waals surface area contributed by atoms with Crippen molar-refractivity contribution in [3.8, 4) is 11.3 Å². The summed E-state index contributed by atoms with van der Waals surface area (Å²) >= 11 is 0. The van der Waals surface area contributed by atoms with E-state index in [4.69, 9.17) is 4.98 Å². The second-order valence-corrected chi connectivity index (χ2v) is 9.44. The van der Waals surface area contributed by atoms with E-state index in [0.29, 0.717) is 16.7 Å². The van der Waals surface area contributed by atoms with Crippen molar-refractivity contribution in [2.45, 2.75) is 27.2 Å². The number of benzene rings is 1. The Morgan fingerprint density at radius 3 is 2.74 bits per heavy atom. The summed E-state index contributed by atoms with van der Waals surface area (Å²) in [4.78, 5) is 31.1. The lowest BCUT2D eigenvalue weighted by atomic mass is 9.87. The van der Waals surface area contributed by atoms with Gasteiger partial charge in [0.05, 0.1) is 17.5 Å². The van der Waals surface area contributed by atoms with Crippen LogP contribution in [0.25, 0.3) is 38.9 Å². The largest absolute Gasteiger partial charge is 0.361 e. The zero-order valence-electron chi connectivity index (χ0n) is 18.4. The van der Waals surface area contributed by atoms with Gasteiger partial charge in [-0.05, 0) is 31.2 Å². The SMILES string of the molecule is CN1CC=C(c2c[nH]c3ccc(-c4cnc5[nH]cc(C(=O)C(C)(C)C)c5n4)cc23)CC1. The van der Waals surface area contributed by atoms with Crippen LogP contribution < -0.4 is 0 Å². The Balaban J connectivity index is 1.59. The molecule has 0 fully saturated rings. The average Bonchev–Trinajstić information content (AvgIpc) is 3.36. The summed E-state index contributed by atoms with van der Waals surface area (Å²) in [6.07, 6.45) is 8.96. The Labute approximate surface area is 181 Å². The van der Waals surface area contributed by atoms with Crippen LogP contribution in [0.2, 0.25) is 0 Å². The van der Waals surface area contributed by atoms with E-state index in [1.807, 2.05) is 20.8 Å². The summed E-state index contributed by atoms with van der Waals surface area (Å²) in [6.45, 7) is 7.81. The molecule has 6 nitrogen and oxygen atoms in total. The van der Waals surface area contributed by atoms with Gasteiger partial charge in [-0.1, -0.05) is 32.9 Å². The average molecular weight is 414 g/mol. The fraction of sp³-hybridized carbons (Fsp3) is 0.320. The number of Topliss-reactive ketones (excluding diaryl/α,β-unsaturated/α-hetero) is 1. The van der Waals surface area contributed by atoms with Crippen LogP contribution in [0.15, 0.2) is 42.9 Å². The summed E-state index contributed by atoms with van der Waals surface area (Å²) in [5.41, 5.74) is 6.88. The van der Waals surface area contributed by atoms with Crippen LogP contribution in [0.1, 0.15) is 43.1 Å². The number of nitrogens with zero attached hydrogens (tertiary/aromatic N) is 3. The van der Waals surface area contributed by atoms with Crippen LogP contribution in [-0.4, -0.2) is 50.8 Å². The van der Waals surface area contributed by atoms with Gasteiger partial charge in [0.25, 0.3) is 0 Å². The van der Waals surface area contributed by atoms with Gasteiger partial charge in [0.15, 0.2) is 11.4 Å². The quantitative estimate of drug-likeness (QED) is 0.461. The highest BCUT2D eigenvalue weighted by molar-refractivity contribution is 6.08. The molecule has 3 aromatic heterocycles. The van der Waals surface area contributed by atoms with Crippen LogP contribution >= 0.6 is 0 Å². The Kier molecular flexibility index (Phi) is 4.55. The molecule has 0 saturated heterocycles. The molecule has 1 aliphatic heterocycles. The van der Waals surface area contributed by atoms with Crippen LogP contribution in [-0.2, 0) is 0 Å². The number of hydrogen-bond donors (Lipinski definition) is 2. The maximum absolute atomic E-state index is 12.9. The first-order chi connectivity index (χ1) is 14.8. The fourth-order valence-electron chi connectivity index (χ4n) is 4.17. The molecule has 0 bridgehead atoms. The van der Waals surface area contributed by atoms with E-state index in [1.54, 1.807) is 12.4 Å². The molecule has 1 aromatic carbocycles. The van der Waals surface area contributed by atoms with Crippen molar-refractivity contribution >= 4 is 33.4 Å². The second-order valence-electron chi connectivity index (χ2n) is 9.44. The molecule has 0 spiro atoms. The molecule has 4 heterocycles. The Hall–Kier alpha value is -3.25. The van der Waals surface area contributed by atoms with Gasteiger partial charge in [-0.25, -0.2) is 9.97 Å². The third-order valence-corrected chi connectivity index (χ3v) is 6.04. The van der Waals surface area contributed by atoms with Crippen LogP contribution in [0.4, 0.5) is 0 Å². The standard InChI is InChI=1S/C25H27N5O/c1-25(2,3)23(31)19-13-27-24-22(19)29-21(14-28-24)16-5-6-20-17(11-16)18(12-26-20)15-7-9-30(4)10-8-15/h5-7,11-14,26H,8-10H2,1-4H3,(H,27,28). The summed E-state index contributed by atoms with van der Waals surface area (Å²) in [7, 11) is 2.15. The Bertz CT molecular complexity index is 1340. The molecule has 0 radical (unpaired) electrons. The van der Waals surface area contributed by atoms with Crippen LogP contribution in [0, 0.1) is 5.41 Å². The predicted molar refractivity (Wildman–Crippen MR) is 125 cm³/mol. The molecule has 5 rings (SSSR count). The normalized spacial score (nSPS) is 15.5. The number of hydrogen-bond acceptors (Lipinski definition) is 4. The van der Waals surface area contributed by atoms with Crippen molar-refractivity contribution in [2.75, 3.05) is 20.1 Å². The van der Waals surface area contributed by atoms with Crippen LogP contribution in [0.5, 0.6) is 0 Å². The maximum atomic E-state index is 12.9. The lowest BCUT2D eigenvalue weighted by Crippen LogP contribution is -2.23. The van der Waals surface area contributed by atoms with Crippen molar-refractivity contribution in [3.63, 3.8) is 0 Å². The van der Waals surface area contributed by atoms with Gasteiger partial charge in [0, 0.05) is 52.9 Å². The summed E-state index contributed by atoms with van der Waals surface area (Å²) < 4.78 is 0. The molecular weight excluding hydrogens is 386 g/mol. The number of carbonyl (C=O) groups excluding carboxylic acids is 1. The predicted octanol–water partition coefficient (Wildman–Crippen LogP) is 5.05. The number of ketones is 1. The van der Waals surface area contributed by atoms with E-state index in [0.717, 1.165) is 36.3 Å². The summed E-state index contributed by atoms with van der Waals surface area (Å²) in [5.74, 6) is 0.0581. The first-order valence-corrected chi connectivity index (χ1v) is 10.7. The summed E-state index contributed by atoms with van der Waals surface area (Å²) in [5, 5.41) is 1.19. The molecule has 0 unspecified atom stereocenters. The number of nitrogens with one attached hydrogen (secondary N) is 2. The first-order valence-electron chi connectivity index (χ1n) is 10.7. The van der Waals surface area contributed by atoms with Crippen molar-refractivity contribution in [1.29, 1.82) is 0 Å². The Morgan fingerprint density at radius 1 is 1.16 bits per heavy atom. The van der Waals surface area contributed by atoms with Gasteiger partial charge >= 0.3 is 0 Å². The molecule has 2 N–H and O–H groups in total. The maximum Gasteiger partial charge on any atom is 0.171 e. The van der Waals surface area contributed by atoms with E-state index in [-0.39, 0.29) is 5.78 Å². The molecular formula is C25H27N5O. The first kappa shape index (κ1) is 19.7. The molecule has 158 valence electrons. The molecule has 1 aliphatic rings. The smallest absolute Gasteiger partial charge is 0.171 e. The third kappa shape index (κ3) is 3.47. The monoisotopic (exact) mass is 413 g/mol. The van der Waals surface area contributed by atoms with Crippen molar-refractivity contribution in [2.24, 2.45) is 5.41 Å². The minimum atomic E-state index is -0.479. The third-order valence-electron chi connectivity index (χ3n) is 6.04. The fourth-order valence-corrected chi connectivity index (χ4v) is 4.17. The van der Waals surface area contributed by atoms with Crippen molar-refractivity contribution in [3.05, 3.63) is 54.0 Å². The molecule has 0 amide bonds. The number of aromatic nitrogens is 4. The lowest BCUT2D eigenvalue weighted by molar-refractivity contribution is 0.0860. The zero-order chi connectivity index (χ0) is 21.8. The number of rotatable bonds is 3. The molecule has 31 heavy (non-hydrogen) atoms. The molecule has 0 aliphatic carbocycles. The molecule has 0 atom stereocenters. The summed E-state index contributed by atoms with van der Waals surface area (Å²) in [6, 6.07) is 6.32. The Morgan fingerprint density at radius 2 is 2.00 bits per heavy atom. The van der Waals surface area contributed by atoms with Gasteiger partial charge in [-0.15, -0.1) is 0 Å². The highest BCUT2D eigenvalue weighted by Crippen LogP contribution is 2.32. The van der Waals surface area contributed by atoms with Crippen LogP contribution in [0.3, 0.4) is 0 Å².